The first-order valence-corrected chi connectivity index (χ1v) is 7.11. The standard InChI is InChI=1S/C14H19ClN4/c1-9(2)18-7-5-10(8-18)14-17-13(15)12-11(16)4-3-6-19(12)14/h3-4,6,9-10H,5,7-8,16H2,1-2H3. The van der Waals surface area contributed by atoms with Crippen LogP contribution >= 0.6 is 11.6 Å². The Kier molecular flexibility index (Phi) is 3.15. The maximum absolute atomic E-state index is 6.23. The van der Waals surface area contributed by atoms with Gasteiger partial charge in [0, 0.05) is 24.7 Å². The van der Waals surface area contributed by atoms with E-state index >= 15 is 0 Å². The van der Waals surface area contributed by atoms with Gasteiger partial charge in [-0.2, -0.15) is 0 Å². The number of hydrogen-bond acceptors (Lipinski definition) is 3. The highest BCUT2D eigenvalue weighted by atomic mass is 35.5. The number of pyridine rings is 1. The third-order valence-corrected chi connectivity index (χ3v) is 4.26. The van der Waals surface area contributed by atoms with Crippen LogP contribution in [-0.2, 0) is 0 Å². The number of aromatic nitrogens is 2. The van der Waals surface area contributed by atoms with Crippen LogP contribution in [0, 0.1) is 0 Å². The molecule has 1 saturated heterocycles. The number of nitrogens with zero attached hydrogens (tertiary/aromatic N) is 3. The zero-order valence-electron chi connectivity index (χ0n) is 11.3. The molecule has 3 heterocycles. The Morgan fingerprint density at radius 2 is 2.26 bits per heavy atom. The molecule has 4 nitrogen and oxygen atoms in total. The molecule has 0 radical (unpaired) electrons. The van der Waals surface area contributed by atoms with Crippen molar-refractivity contribution < 1.29 is 0 Å². The van der Waals surface area contributed by atoms with E-state index < -0.39 is 0 Å². The molecule has 19 heavy (non-hydrogen) atoms. The lowest BCUT2D eigenvalue weighted by Gasteiger charge is -2.19. The van der Waals surface area contributed by atoms with Crippen molar-refractivity contribution in [3.05, 3.63) is 29.3 Å². The molecule has 2 aromatic rings. The Labute approximate surface area is 118 Å². The van der Waals surface area contributed by atoms with E-state index in [1.165, 1.54) is 0 Å². The zero-order valence-corrected chi connectivity index (χ0v) is 12.1. The van der Waals surface area contributed by atoms with E-state index in [0.717, 1.165) is 30.9 Å². The SMILES string of the molecule is CC(C)N1CCC(c2nc(Cl)c3c(N)cccn23)C1. The van der Waals surface area contributed by atoms with Gasteiger partial charge in [0.2, 0.25) is 0 Å². The molecule has 0 amide bonds. The molecule has 2 aromatic heterocycles. The van der Waals surface area contributed by atoms with Gasteiger partial charge in [-0.15, -0.1) is 0 Å². The van der Waals surface area contributed by atoms with E-state index in [4.69, 9.17) is 17.3 Å². The summed E-state index contributed by atoms with van der Waals surface area (Å²) in [5.74, 6) is 1.47. The summed E-state index contributed by atoms with van der Waals surface area (Å²) < 4.78 is 2.05. The summed E-state index contributed by atoms with van der Waals surface area (Å²) in [7, 11) is 0. The van der Waals surface area contributed by atoms with E-state index in [1.807, 2.05) is 22.7 Å². The summed E-state index contributed by atoms with van der Waals surface area (Å²) in [5, 5.41) is 0.510. The number of halogens is 1. The smallest absolute Gasteiger partial charge is 0.157 e. The van der Waals surface area contributed by atoms with E-state index in [9.17, 15) is 0 Å². The predicted molar refractivity (Wildman–Crippen MR) is 78.7 cm³/mol. The minimum Gasteiger partial charge on any atom is -0.397 e. The zero-order chi connectivity index (χ0) is 13.6. The molecule has 1 fully saturated rings. The van der Waals surface area contributed by atoms with Crippen LogP contribution in [-0.4, -0.2) is 33.4 Å². The molecule has 1 unspecified atom stereocenters. The second-order valence-corrected chi connectivity index (χ2v) is 5.88. The van der Waals surface area contributed by atoms with Gasteiger partial charge in [0.25, 0.3) is 0 Å². The summed E-state index contributed by atoms with van der Waals surface area (Å²) in [6, 6.07) is 4.39. The normalized spacial score (nSPS) is 20.7. The van der Waals surface area contributed by atoms with Crippen molar-refractivity contribution in [1.29, 1.82) is 0 Å². The largest absolute Gasteiger partial charge is 0.397 e. The summed E-state index contributed by atoms with van der Waals surface area (Å²) in [5.41, 5.74) is 7.51. The molecule has 1 aliphatic heterocycles. The van der Waals surface area contributed by atoms with Gasteiger partial charge in [0.15, 0.2) is 5.15 Å². The second kappa shape index (κ2) is 4.69. The number of rotatable bonds is 2. The lowest BCUT2D eigenvalue weighted by Crippen LogP contribution is -2.28. The van der Waals surface area contributed by atoms with Crippen LogP contribution in [0.2, 0.25) is 5.15 Å². The fourth-order valence-corrected chi connectivity index (χ4v) is 3.18. The number of likely N-dealkylation sites (tertiary alicyclic amines) is 1. The van der Waals surface area contributed by atoms with Crippen LogP contribution in [0.25, 0.3) is 5.52 Å². The Balaban J connectivity index is 2.01. The molecule has 0 spiro atoms. The van der Waals surface area contributed by atoms with Crippen LogP contribution in [0.15, 0.2) is 18.3 Å². The van der Waals surface area contributed by atoms with Crippen LogP contribution in [0.5, 0.6) is 0 Å². The average molecular weight is 279 g/mol. The molecule has 1 aliphatic rings. The monoisotopic (exact) mass is 278 g/mol. The molecule has 0 saturated carbocycles. The third kappa shape index (κ3) is 2.09. The van der Waals surface area contributed by atoms with Crippen molar-refractivity contribution in [3.8, 4) is 0 Å². The Bertz CT molecular complexity index is 605. The number of imidazole rings is 1. The Morgan fingerprint density at radius 3 is 2.95 bits per heavy atom. The Morgan fingerprint density at radius 1 is 1.47 bits per heavy atom. The van der Waals surface area contributed by atoms with Gasteiger partial charge in [0.1, 0.15) is 11.3 Å². The number of hydrogen-bond donors (Lipinski definition) is 1. The van der Waals surface area contributed by atoms with Gasteiger partial charge in [0.05, 0.1) is 5.69 Å². The quantitative estimate of drug-likeness (QED) is 0.919. The van der Waals surface area contributed by atoms with E-state index in [-0.39, 0.29) is 0 Å². The molecule has 2 N–H and O–H groups in total. The first-order chi connectivity index (χ1) is 9.08. The summed E-state index contributed by atoms with van der Waals surface area (Å²) in [4.78, 5) is 7.03. The topological polar surface area (TPSA) is 46.6 Å². The van der Waals surface area contributed by atoms with Crippen LogP contribution in [0.4, 0.5) is 5.69 Å². The number of nitrogen functional groups attached to an aromatic ring is 1. The minimum atomic E-state index is 0.434. The van der Waals surface area contributed by atoms with Crippen LogP contribution < -0.4 is 5.73 Å². The summed E-state index contributed by atoms with van der Waals surface area (Å²) >= 11 is 6.23. The molecule has 0 aromatic carbocycles. The average Bonchev–Trinajstić information content (AvgIpc) is 2.95. The van der Waals surface area contributed by atoms with E-state index in [2.05, 4.69) is 23.7 Å². The maximum atomic E-state index is 6.23. The molecule has 3 rings (SSSR count). The van der Waals surface area contributed by atoms with Crippen molar-refractivity contribution in [3.63, 3.8) is 0 Å². The van der Waals surface area contributed by atoms with Gasteiger partial charge >= 0.3 is 0 Å². The molecular formula is C14H19ClN4. The first-order valence-electron chi connectivity index (χ1n) is 6.74. The van der Waals surface area contributed by atoms with Crippen LogP contribution in [0.1, 0.15) is 32.0 Å². The van der Waals surface area contributed by atoms with Gasteiger partial charge in [-0.25, -0.2) is 4.98 Å². The highest BCUT2D eigenvalue weighted by molar-refractivity contribution is 6.33. The van der Waals surface area contributed by atoms with Crippen molar-refractivity contribution in [1.82, 2.24) is 14.3 Å². The number of anilines is 1. The van der Waals surface area contributed by atoms with E-state index in [1.54, 1.807) is 0 Å². The Hall–Kier alpha value is -1.26. The molecule has 1 atom stereocenters. The molecule has 0 aliphatic carbocycles. The van der Waals surface area contributed by atoms with Crippen molar-refractivity contribution >= 4 is 22.8 Å². The summed E-state index contributed by atoms with van der Waals surface area (Å²) in [6.07, 6.45) is 3.13. The summed E-state index contributed by atoms with van der Waals surface area (Å²) in [6.45, 7) is 6.63. The van der Waals surface area contributed by atoms with Crippen molar-refractivity contribution in [2.45, 2.75) is 32.2 Å². The first kappa shape index (κ1) is 12.8. The van der Waals surface area contributed by atoms with E-state index in [0.29, 0.717) is 22.8 Å². The van der Waals surface area contributed by atoms with Gasteiger partial charge in [-0.3, -0.25) is 0 Å². The molecule has 102 valence electrons. The lowest BCUT2D eigenvalue weighted by atomic mass is 10.1. The number of nitrogens with two attached hydrogens (primary N) is 1. The third-order valence-electron chi connectivity index (χ3n) is 4.00. The second-order valence-electron chi connectivity index (χ2n) is 5.52. The van der Waals surface area contributed by atoms with Gasteiger partial charge in [-0.05, 0) is 38.9 Å². The minimum absolute atomic E-state index is 0.434. The predicted octanol–water partition coefficient (Wildman–Crippen LogP) is 2.77. The molecular weight excluding hydrogens is 260 g/mol. The number of fused-ring (bicyclic) bond motifs is 1. The highest BCUT2D eigenvalue weighted by Gasteiger charge is 2.29. The highest BCUT2D eigenvalue weighted by Crippen LogP contribution is 2.32. The van der Waals surface area contributed by atoms with Gasteiger partial charge < -0.3 is 15.0 Å². The van der Waals surface area contributed by atoms with Crippen molar-refractivity contribution in [2.75, 3.05) is 18.8 Å². The maximum Gasteiger partial charge on any atom is 0.157 e. The lowest BCUT2D eigenvalue weighted by molar-refractivity contribution is 0.272. The fraction of sp³-hybridized carbons (Fsp3) is 0.500. The van der Waals surface area contributed by atoms with Gasteiger partial charge in [-0.1, -0.05) is 11.6 Å². The molecule has 0 bridgehead atoms. The fourth-order valence-electron chi connectivity index (χ4n) is 2.90. The van der Waals surface area contributed by atoms with Crippen LogP contribution in [0.3, 0.4) is 0 Å². The van der Waals surface area contributed by atoms with Crippen molar-refractivity contribution in [2.24, 2.45) is 0 Å². The molecule has 5 heteroatoms.